The molecule has 0 aromatic heterocycles. The van der Waals surface area contributed by atoms with Crippen molar-refractivity contribution in [3.05, 3.63) is 29.3 Å². The zero-order chi connectivity index (χ0) is 24.7. The van der Waals surface area contributed by atoms with Crippen LogP contribution in [0.1, 0.15) is 64.2 Å². The van der Waals surface area contributed by atoms with Crippen molar-refractivity contribution >= 4 is 29.3 Å². The lowest BCUT2D eigenvalue weighted by Crippen LogP contribution is -2.50. The fourth-order valence-corrected chi connectivity index (χ4v) is 5.62. The topological polar surface area (TPSA) is 70.2 Å². The normalized spacial score (nSPS) is 20.9. The Bertz CT molecular complexity index is 894. The van der Waals surface area contributed by atoms with Gasteiger partial charge in [0.1, 0.15) is 5.75 Å². The van der Waals surface area contributed by atoms with E-state index in [2.05, 4.69) is 0 Å². The fraction of sp³-hybridized carbons (Fsp3) is 0.667. The average molecular weight is 504 g/mol. The van der Waals surface area contributed by atoms with Crippen molar-refractivity contribution < 1.29 is 19.1 Å². The number of likely N-dealkylation sites (tertiary alicyclic amines) is 3. The summed E-state index contributed by atoms with van der Waals surface area (Å²) in [5.74, 6) is 0.978. The van der Waals surface area contributed by atoms with Crippen molar-refractivity contribution in [3.8, 4) is 5.75 Å². The maximum Gasteiger partial charge on any atom is 0.242 e. The maximum atomic E-state index is 13.2. The Labute approximate surface area is 213 Å². The zero-order valence-electron chi connectivity index (χ0n) is 20.7. The van der Waals surface area contributed by atoms with E-state index in [0.29, 0.717) is 62.7 Å². The van der Waals surface area contributed by atoms with E-state index in [-0.39, 0.29) is 29.7 Å². The molecule has 0 spiro atoms. The summed E-state index contributed by atoms with van der Waals surface area (Å²) in [6.45, 7) is 4.06. The predicted molar refractivity (Wildman–Crippen MR) is 135 cm³/mol. The second-order valence-corrected chi connectivity index (χ2v) is 10.8. The van der Waals surface area contributed by atoms with E-state index in [1.165, 1.54) is 6.42 Å². The molecule has 0 aliphatic carbocycles. The van der Waals surface area contributed by atoms with Crippen LogP contribution in [0.5, 0.6) is 5.75 Å². The largest absolute Gasteiger partial charge is 0.493 e. The number of hydrogen-bond donors (Lipinski definition) is 0. The van der Waals surface area contributed by atoms with Gasteiger partial charge in [0.2, 0.25) is 17.7 Å². The first-order valence-corrected chi connectivity index (χ1v) is 13.5. The van der Waals surface area contributed by atoms with Crippen LogP contribution in [0.2, 0.25) is 5.02 Å². The molecule has 3 aliphatic rings. The van der Waals surface area contributed by atoms with Crippen molar-refractivity contribution in [2.45, 2.75) is 64.2 Å². The van der Waals surface area contributed by atoms with E-state index in [0.717, 1.165) is 45.2 Å². The van der Waals surface area contributed by atoms with Gasteiger partial charge in [0.05, 0.1) is 13.2 Å². The number of nitrogens with zero attached hydrogens (tertiary/aromatic N) is 3. The molecule has 8 heteroatoms. The summed E-state index contributed by atoms with van der Waals surface area (Å²) >= 11 is 6.13. The lowest BCUT2D eigenvalue weighted by atomic mass is 9.75. The average Bonchev–Trinajstić information content (AvgIpc) is 3.07. The third kappa shape index (κ3) is 7.12. The van der Waals surface area contributed by atoms with Gasteiger partial charge in [-0.05, 0) is 63.1 Å². The highest BCUT2D eigenvalue weighted by molar-refractivity contribution is 6.30. The number of carbonyl (C=O) groups is 3. The van der Waals surface area contributed by atoms with E-state index in [9.17, 15) is 14.4 Å². The third-order valence-corrected chi connectivity index (χ3v) is 7.99. The number of ether oxygens (including phenoxy) is 1. The second-order valence-electron chi connectivity index (χ2n) is 10.4. The lowest BCUT2D eigenvalue weighted by molar-refractivity contribution is -0.143. The van der Waals surface area contributed by atoms with Gasteiger partial charge in [-0.3, -0.25) is 14.4 Å². The summed E-state index contributed by atoms with van der Waals surface area (Å²) in [6.07, 6.45) is 8.60. The number of amides is 3. The minimum atomic E-state index is -0.327. The number of halogens is 1. The Kier molecular flexibility index (Phi) is 8.93. The first-order valence-electron chi connectivity index (χ1n) is 13.2. The number of piperidine rings is 2. The molecular formula is C27H38ClN3O4. The minimum Gasteiger partial charge on any atom is -0.493 e. The Morgan fingerprint density at radius 3 is 2.31 bits per heavy atom. The Balaban J connectivity index is 1.39. The molecule has 1 aromatic carbocycles. The molecule has 7 nitrogen and oxygen atoms in total. The molecular weight excluding hydrogens is 466 g/mol. The van der Waals surface area contributed by atoms with Crippen LogP contribution in [0.25, 0.3) is 0 Å². The number of carbonyl (C=O) groups excluding carboxylic acids is 3. The van der Waals surface area contributed by atoms with Crippen LogP contribution >= 0.6 is 11.6 Å². The number of benzene rings is 1. The standard InChI is InChI=1S/C27H38ClN3O4/c28-22-8-7-9-23(18-22)35-21-27(19-25(33)29-13-5-2-6-14-29)11-16-30(17-12-27)26(34)20-31-15-4-1-3-10-24(31)32/h7-9,18H,1-6,10-17,19-21H2. The second kappa shape index (κ2) is 12.1. The molecule has 0 atom stereocenters. The van der Waals surface area contributed by atoms with E-state index in [1.54, 1.807) is 11.0 Å². The van der Waals surface area contributed by atoms with Crippen LogP contribution in [-0.4, -0.2) is 78.3 Å². The number of hydrogen-bond acceptors (Lipinski definition) is 4. The summed E-state index contributed by atoms with van der Waals surface area (Å²) in [6, 6.07) is 7.33. The number of rotatable bonds is 7. The maximum absolute atomic E-state index is 13.2. The van der Waals surface area contributed by atoms with Gasteiger partial charge in [-0.25, -0.2) is 0 Å². The molecule has 1 aromatic rings. The molecule has 0 radical (unpaired) electrons. The quantitative estimate of drug-likeness (QED) is 0.561. The first kappa shape index (κ1) is 25.8. The zero-order valence-corrected chi connectivity index (χ0v) is 21.4. The molecule has 3 amide bonds. The van der Waals surface area contributed by atoms with Crippen LogP contribution in [0.15, 0.2) is 24.3 Å². The summed E-state index contributed by atoms with van der Waals surface area (Å²) < 4.78 is 6.15. The predicted octanol–water partition coefficient (Wildman–Crippen LogP) is 4.13. The van der Waals surface area contributed by atoms with Gasteiger partial charge in [0.15, 0.2) is 0 Å². The van der Waals surface area contributed by atoms with Crippen LogP contribution in [0.3, 0.4) is 0 Å². The van der Waals surface area contributed by atoms with Gasteiger partial charge < -0.3 is 19.4 Å². The molecule has 3 heterocycles. The molecule has 0 bridgehead atoms. The minimum absolute atomic E-state index is 0.00645. The Morgan fingerprint density at radius 2 is 1.57 bits per heavy atom. The lowest BCUT2D eigenvalue weighted by Gasteiger charge is -2.42. The molecule has 192 valence electrons. The van der Waals surface area contributed by atoms with Crippen molar-refractivity contribution in [2.75, 3.05) is 45.9 Å². The first-order chi connectivity index (χ1) is 16.9. The highest BCUT2D eigenvalue weighted by Crippen LogP contribution is 2.37. The van der Waals surface area contributed by atoms with E-state index < -0.39 is 0 Å². The van der Waals surface area contributed by atoms with Gasteiger partial charge in [0.25, 0.3) is 0 Å². The summed E-state index contributed by atoms with van der Waals surface area (Å²) in [5.41, 5.74) is -0.327. The van der Waals surface area contributed by atoms with Crippen molar-refractivity contribution in [3.63, 3.8) is 0 Å². The van der Waals surface area contributed by atoms with E-state index in [4.69, 9.17) is 16.3 Å². The fourth-order valence-electron chi connectivity index (χ4n) is 5.44. The molecule has 0 unspecified atom stereocenters. The third-order valence-electron chi connectivity index (χ3n) is 7.75. The van der Waals surface area contributed by atoms with E-state index in [1.807, 2.05) is 28.0 Å². The smallest absolute Gasteiger partial charge is 0.242 e. The van der Waals surface area contributed by atoms with Crippen molar-refractivity contribution in [1.82, 2.24) is 14.7 Å². The molecule has 0 saturated carbocycles. The van der Waals surface area contributed by atoms with Crippen LogP contribution in [0.4, 0.5) is 0 Å². The summed E-state index contributed by atoms with van der Waals surface area (Å²) in [5, 5.41) is 0.615. The van der Waals surface area contributed by atoms with Crippen LogP contribution in [-0.2, 0) is 14.4 Å². The molecule has 3 fully saturated rings. The van der Waals surface area contributed by atoms with Gasteiger partial charge in [0, 0.05) is 56.0 Å². The monoisotopic (exact) mass is 503 g/mol. The highest BCUT2D eigenvalue weighted by atomic mass is 35.5. The van der Waals surface area contributed by atoms with Crippen molar-refractivity contribution in [2.24, 2.45) is 5.41 Å². The molecule has 3 aliphatic heterocycles. The summed E-state index contributed by atoms with van der Waals surface area (Å²) in [4.78, 5) is 44.2. The Morgan fingerprint density at radius 1 is 0.886 bits per heavy atom. The van der Waals surface area contributed by atoms with Crippen LogP contribution in [0, 0.1) is 5.41 Å². The summed E-state index contributed by atoms with van der Waals surface area (Å²) in [7, 11) is 0. The molecule has 0 N–H and O–H groups in total. The van der Waals surface area contributed by atoms with Gasteiger partial charge in [-0.1, -0.05) is 24.1 Å². The highest BCUT2D eigenvalue weighted by Gasteiger charge is 2.40. The Hall–Kier alpha value is -2.28. The van der Waals surface area contributed by atoms with Gasteiger partial charge >= 0.3 is 0 Å². The van der Waals surface area contributed by atoms with E-state index >= 15 is 0 Å². The molecule has 35 heavy (non-hydrogen) atoms. The van der Waals surface area contributed by atoms with Gasteiger partial charge in [-0.15, -0.1) is 0 Å². The van der Waals surface area contributed by atoms with Crippen LogP contribution < -0.4 is 4.74 Å². The van der Waals surface area contributed by atoms with Crippen molar-refractivity contribution in [1.29, 1.82) is 0 Å². The van der Waals surface area contributed by atoms with Gasteiger partial charge in [-0.2, -0.15) is 0 Å². The molecule has 4 rings (SSSR count). The SMILES string of the molecule is O=C(CN1CCCCCC1=O)N1CCC(COc2cccc(Cl)c2)(CC(=O)N2CCCCC2)CC1. The molecule has 3 saturated heterocycles.